The molecule has 5 nitrogen and oxygen atoms in total. The molecule has 0 fully saturated rings. The summed E-state index contributed by atoms with van der Waals surface area (Å²) >= 11 is 1.72. The summed E-state index contributed by atoms with van der Waals surface area (Å²) < 4.78 is 5.08. The lowest BCUT2D eigenvalue weighted by molar-refractivity contribution is -0.139. The number of thiophene rings is 1. The van der Waals surface area contributed by atoms with Gasteiger partial charge in [0, 0.05) is 27.8 Å². The molecule has 122 valence electrons. The Morgan fingerprint density at radius 1 is 1.30 bits per heavy atom. The molecule has 0 saturated carbocycles. The van der Waals surface area contributed by atoms with E-state index in [0.717, 1.165) is 6.42 Å². The van der Waals surface area contributed by atoms with Gasteiger partial charge < -0.3 is 15.2 Å². The molecule has 6 heteroatoms. The molecule has 0 saturated heterocycles. The summed E-state index contributed by atoms with van der Waals surface area (Å²) in [6, 6.07) is 10.6. The maximum absolute atomic E-state index is 12.3. The number of carboxylic acid groups (broad SMARTS) is 1. The summed E-state index contributed by atoms with van der Waals surface area (Å²) in [6.45, 7) is 3.58. The molecule has 0 aliphatic carbocycles. The molecular weight excluding hydrogens is 314 g/mol. The monoisotopic (exact) mass is 333 g/mol. The van der Waals surface area contributed by atoms with Crippen LogP contribution in [0.2, 0.25) is 0 Å². The molecule has 2 aromatic rings. The number of aryl methyl sites for hydroxylation is 1. The van der Waals surface area contributed by atoms with Gasteiger partial charge in [0.2, 0.25) is 0 Å². The van der Waals surface area contributed by atoms with E-state index in [1.165, 1.54) is 9.75 Å². The molecule has 0 spiro atoms. The molecule has 23 heavy (non-hydrogen) atoms. The highest BCUT2D eigenvalue weighted by molar-refractivity contribution is 7.11. The van der Waals surface area contributed by atoms with Crippen LogP contribution in [0.4, 0.5) is 0 Å². The van der Waals surface area contributed by atoms with Gasteiger partial charge in [0.05, 0.1) is 0 Å². The molecule has 0 aliphatic rings. The Labute approximate surface area is 138 Å². The normalized spacial score (nSPS) is 11.7. The van der Waals surface area contributed by atoms with E-state index in [0.29, 0.717) is 11.3 Å². The SMILES string of the molecule is Cc1ccc(CC(C)NC(=O)c2cccc(OCC(=O)O)c2)s1. The van der Waals surface area contributed by atoms with Crippen molar-refractivity contribution in [1.82, 2.24) is 5.32 Å². The molecule has 0 aliphatic heterocycles. The molecule has 1 aromatic heterocycles. The molecule has 1 amide bonds. The maximum Gasteiger partial charge on any atom is 0.341 e. The van der Waals surface area contributed by atoms with Gasteiger partial charge in [-0.3, -0.25) is 4.79 Å². The molecule has 1 aromatic carbocycles. The molecule has 1 unspecified atom stereocenters. The minimum atomic E-state index is -1.06. The highest BCUT2D eigenvalue weighted by Gasteiger charge is 2.12. The van der Waals surface area contributed by atoms with Crippen LogP contribution in [0.3, 0.4) is 0 Å². The number of ether oxygens (including phenoxy) is 1. The van der Waals surface area contributed by atoms with Crippen LogP contribution in [-0.4, -0.2) is 29.6 Å². The highest BCUT2D eigenvalue weighted by atomic mass is 32.1. The van der Waals surface area contributed by atoms with Crippen molar-refractivity contribution < 1.29 is 19.4 Å². The summed E-state index contributed by atoms with van der Waals surface area (Å²) in [5.74, 6) is -0.896. The standard InChI is InChI=1S/C17H19NO4S/c1-11(8-15-7-6-12(2)23-15)18-17(21)13-4-3-5-14(9-13)22-10-16(19)20/h3-7,9,11H,8,10H2,1-2H3,(H,18,21)(H,19,20). The molecule has 1 atom stereocenters. The van der Waals surface area contributed by atoms with Crippen molar-refractivity contribution in [2.45, 2.75) is 26.3 Å². The topological polar surface area (TPSA) is 75.6 Å². The minimum absolute atomic E-state index is 0.00384. The second-order valence-electron chi connectivity index (χ2n) is 5.30. The van der Waals surface area contributed by atoms with Crippen LogP contribution in [0.1, 0.15) is 27.0 Å². The third-order valence-corrected chi connectivity index (χ3v) is 4.16. The van der Waals surface area contributed by atoms with Crippen LogP contribution in [0.5, 0.6) is 5.75 Å². The number of carboxylic acids is 1. The number of benzene rings is 1. The molecule has 0 radical (unpaired) electrons. The Balaban J connectivity index is 1.94. The van der Waals surface area contributed by atoms with Gasteiger partial charge in [-0.1, -0.05) is 6.07 Å². The first-order valence-electron chi connectivity index (χ1n) is 7.25. The minimum Gasteiger partial charge on any atom is -0.482 e. The second-order valence-corrected chi connectivity index (χ2v) is 6.67. The largest absolute Gasteiger partial charge is 0.482 e. The van der Waals surface area contributed by atoms with E-state index >= 15 is 0 Å². The lowest BCUT2D eigenvalue weighted by atomic mass is 10.1. The van der Waals surface area contributed by atoms with E-state index in [1.807, 2.05) is 6.92 Å². The zero-order valence-electron chi connectivity index (χ0n) is 13.0. The van der Waals surface area contributed by atoms with Crippen molar-refractivity contribution in [3.63, 3.8) is 0 Å². The van der Waals surface area contributed by atoms with E-state index < -0.39 is 12.6 Å². The van der Waals surface area contributed by atoms with E-state index in [1.54, 1.807) is 35.6 Å². The van der Waals surface area contributed by atoms with E-state index in [-0.39, 0.29) is 11.9 Å². The number of nitrogens with one attached hydrogen (secondary N) is 1. The smallest absolute Gasteiger partial charge is 0.341 e. The van der Waals surface area contributed by atoms with E-state index in [4.69, 9.17) is 9.84 Å². The maximum atomic E-state index is 12.3. The fourth-order valence-corrected chi connectivity index (χ4v) is 3.15. The summed E-state index contributed by atoms with van der Waals surface area (Å²) in [7, 11) is 0. The van der Waals surface area contributed by atoms with Crippen LogP contribution in [0, 0.1) is 6.92 Å². The average molecular weight is 333 g/mol. The van der Waals surface area contributed by atoms with Gasteiger partial charge in [-0.2, -0.15) is 0 Å². The first-order valence-corrected chi connectivity index (χ1v) is 8.06. The van der Waals surface area contributed by atoms with Gasteiger partial charge in [0.15, 0.2) is 6.61 Å². The predicted octanol–water partition coefficient (Wildman–Crippen LogP) is 2.88. The lowest BCUT2D eigenvalue weighted by Crippen LogP contribution is -2.33. The van der Waals surface area contributed by atoms with Gasteiger partial charge in [0.25, 0.3) is 5.91 Å². The Morgan fingerprint density at radius 3 is 2.74 bits per heavy atom. The third kappa shape index (κ3) is 5.41. The number of hydrogen-bond acceptors (Lipinski definition) is 4. The van der Waals surface area contributed by atoms with Gasteiger partial charge in [-0.25, -0.2) is 4.79 Å². The van der Waals surface area contributed by atoms with Crippen molar-refractivity contribution in [2.24, 2.45) is 0 Å². The van der Waals surface area contributed by atoms with Crippen LogP contribution >= 0.6 is 11.3 Å². The average Bonchev–Trinajstić information content (AvgIpc) is 2.90. The molecular formula is C17H19NO4S. The van der Waals surface area contributed by atoms with Crippen molar-refractivity contribution >= 4 is 23.2 Å². The Kier molecular flexibility index (Phi) is 5.76. The molecule has 2 rings (SSSR count). The first kappa shape index (κ1) is 17.0. The zero-order chi connectivity index (χ0) is 16.8. The van der Waals surface area contributed by atoms with E-state index in [2.05, 4.69) is 24.4 Å². The van der Waals surface area contributed by atoms with Gasteiger partial charge in [-0.15, -0.1) is 11.3 Å². The Hall–Kier alpha value is -2.34. The van der Waals surface area contributed by atoms with Crippen LogP contribution in [0.25, 0.3) is 0 Å². The van der Waals surface area contributed by atoms with Crippen LogP contribution in [0.15, 0.2) is 36.4 Å². The molecule has 0 bridgehead atoms. The summed E-state index contributed by atoms with van der Waals surface area (Å²) in [4.78, 5) is 25.3. The van der Waals surface area contributed by atoms with Gasteiger partial charge >= 0.3 is 5.97 Å². The number of carbonyl (C=O) groups is 2. The fraction of sp³-hybridized carbons (Fsp3) is 0.294. The Morgan fingerprint density at radius 2 is 2.09 bits per heavy atom. The van der Waals surface area contributed by atoms with Crippen molar-refractivity contribution in [1.29, 1.82) is 0 Å². The summed E-state index contributed by atoms with van der Waals surface area (Å²) in [5.41, 5.74) is 0.446. The fourth-order valence-electron chi connectivity index (χ4n) is 2.13. The number of aliphatic carboxylic acids is 1. The zero-order valence-corrected chi connectivity index (χ0v) is 13.9. The molecule has 1 heterocycles. The van der Waals surface area contributed by atoms with Crippen LogP contribution < -0.4 is 10.1 Å². The van der Waals surface area contributed by atoms with Crippen molar-refractivity contribution in [3.05, 3.63) is 51.7 Å². The quantitative estimate of drug-likeness (QED) is 0.817. The lowest BCUT2D eigenvalue weighted by Gasteiger charge is -2.13. The molecule has 2 N–H and O–H groups in total. The number of rotatable bonds is 7. The number of hydrogen-bond donors (Lipinski definition) is 2. The van der Waals surface area contributed by atoms with Gasteiger partial charge in [0.1, 0.15) is 5.75 Å². The second kappa shape index (κ2) is 7.78. The van der Waals surface area contributed by atoms with Crippen molar-refractivity contribution in [2.75, 3.05) is 6.61 Å². The first-order chi connectivity index (χ1) is 10.9. The summed E-state index contributed by atoms with van der Waals surface area (Å²) in [5, 5.41) is 11.6. The Bertz CT molecular complexity index is 695. The van der Waals surface area contributed by atoms with Crippen molar-refractivity contribution in [3.8, 4) is 5.75 Å². The van der Waals surface area contributed by atoms with E-state index in [9.17, 15) is 9.59 Å². The number of amides is 1. The summed E-state index contributed by atoms with van der Waals surface area (Å²) in [6.07, 6.45) is 0.777. The number of carbonyl (C=O) groups excluding carboxylic acids is 1. The van der Waals surface area contributed by atoms with Gasteiger partial charge in [-0.05, 0) is 44.2 Å². The third-order valence-electron chi connectivity index (χ3n) is 3.14. The predicted molar refractivity (Wildman–Crippen MR) is 89.3 cm³/mol. The highest BCUT2D eigenvalue weighted by Crippen LogP contribution is 2.17. The van der Waals surface area contributed by atoms with Crippen LogP contribution in [-0.2, 0) is 11.2 Å².